The number of hydrogen-bond acceptors (Lipinski definition) is 6. The molecular weight excluding hydrogens is 412 g/mol. The van der Waals surface area contributed by atoms with E-state index in [0.717, 1.165) is 5.56 Å². The summed E-state index contributed by atoms with van der Waals surface area (Å²) in [5, 5.41) is 24.7. The van der Waals surface area contributed by atoms with Crippen molar-refractivity contribution >= 4 is 34.8 Å². The van der Waals surface area contributed by atoms with Crippen LogP contribution in [0.2, 0.25) is 0 Å². The SMILES string of the molecule is CC1(C)C(=O)Nc2cc(N3CCO[C@H](C(O)C(=O)Nc4ccc(C#N)cc4)C3=O)ccc21. The lowest BCUT2D eigenvalue weighted by molar-refractivity contribution is -0.150. The molecule has 1 unspecified atom stereocenters. The summed E-state index contributed by atoms with van der Waals surface area (Å²) >= 11 is 0. The van der Waals surface area contributed by atoms with Crippen molar-refractivity contribution in [2.45, 2.75) is 31.5 Å². The van der Waals surface area contributed by atoms with Crippen LogP contribution in [-0.4, -0.2) is 48.2 Å². The number of amides is 3. The number of fused-ring (bicyclic) bond motifs is 1. The minimum atomic E-state index is -1.73. The Morgan fingerprint density at radius 3 is 2.69 bits per heavy atom. The minimum Gasteiger partial charge on any atom is -0.380 e. The highest BCUT2D eigenvalue weighted by atomic mass is 16.5. The fourth-order valence-electron chi connectivity index (χ4n) is 3.82. The monoisotopic (exact) mass is 434 g/mol. The maximum Gasteiger partial charge on any atom is 0.259 e. The quantitative estimate of drug-likeness (QED) is 0.669. The normalized spacial score (nSPS) is 20.2. The van der Waals surface area contributed by atoms with E-state index in [4.69, 9.17) is 10.00 Å². The molecule has 0 saturated carbocycles. The molecule has 0 aliphatic carbocycles. The molecule has 2 aliphatic heterocycles. The molecule has 2 aliphatic rings. The van der Waals surface area contributed by atoms with Gasteiger partial charge in [-0.1, -0.05) is 6.07 Å². The number of nitriles is 1. The van der Waals surface area contributed by atoms with E-state index in [9.17, 15) is 19.5 Å². The number of hydrogen-bond donors (Lipinski definition) is 3. The van der Waals surface area contributed by atoms with Crippen LogP contribution in [0, 0.1) is 11.3 Å². The second-order valence-electron chi connectivity index (χ2n) is 8.21. The number of morpholine rings is 1. The summed E-state index contributed by atoms with van der Waals surface area (Å²) < 4.78 is 5.43. The molecule has 32 heavy (non-hydrogen) atoms. The molecule has 164 valence electrons. The van der Waals surface area contributed by atoms with Crippen LogP contribution in [0.5, 0.6) is 0 Å². The predicted octanol–water partition coefficient (Wildman–Crippen LogP) is 1.52. The van der Waals surface area contributed by atoms with Gasteiger partial charge in [0, 0.05) is 23.6 Å². The Labute approximate surface area is 184 Å². The summed E-state index contributed by atoms with van der Waals surface area (Å²) in [6.07, 6.45) is -3.10. The predicted molar refractivity (Wildman–Crippen MR) is 116 cm³/mol. The third-order valence-electron chi connectivity index (χ3n) is 5.76. The third-order valence-corrected chi connectivity index (χ3v) is 5.76. The second-order valence-corrected chi connectivity index (χ2v) is 8.21. The van der Waals surface area contributed by atoms with Gasteiger partial charge in [0.15, 0.2) is 12.2 Å². The van der Waals surface area contributed by atoms with Gasteiger partial charge in [-0.15, -0.1) is 0 Å². The van der Waals surface area contributed by atoms with E-state index in [0.29, 0.717) is 22.6 Å². The first-order valence-electron chi connectivity index (χ1n) is 10.1. The van der Waals surface area contributed by atoms with Crippen LogP contribution in [-0.2, 0) is 24.5 Å². The van der Waals surface area contributed by atoms with Gasteiger partial charge in [0.25, 0.3) is 11.8 Å². The average molecular weight is 434 g/mol. The van der Waals surface area contributed by atoms with Crippen LogP contribution in [0.1, 0.15) is 25.0 Å². The number of rotatable bonds is 4. The fraction of sp³-hybridized carbons (Fsp3) is 0.304. The summed E-state index contributed by atoms with van der Waals surface area (Å²) in [5.41, 5.74) is 2.16. The van der Waals surface area contributed by atoms with Crippen molar-refractivity contribution in [1.82, 2.24) is 0 Å². The van der Waals surface area contributed by atoms with E-state index in [1.807, 2.05) is 19.9 Å². The molecule has 0 spiro atoms. The number of nitrogens with zero attached hydrogens (tertiary/aromatic N) is 2. The van der Waals surface area contributed by atoms with Crippen LogP contribution in [0.3, 0.4) is 0 Å². The Hall–Kier alpha value is -3.74. The maximum atomic E-state index is 13.0. The first-order valence-corrected chi connectivity index (χ1v) is 10.1. The van der Waals surface area contributed by atoms with E-state index in [2.05, 4.69) is 10.6 Å². The highest BCUT2D eigenvalue weighted by Crippen LogP contribution is 2.39. The van der Waals surface area contributed by atoms with Gasteiger partial charge in [0.05, 0.1) is 23.7 Å². The van der Waals surface area contributed by atoms with Gasteiger partial charge in [-0.25, -0.2) is 0 Å². The summed E-state index contributed by atoms with van der Waals surface area (Å²) in [7, 11) is 0. The van der Waals surface area contributed by atoms with Gasteiger partial charge < -0.3 is 25.4 Å². The Morgan fingerprint density at radius 2 is 2.00 bits per heavy atom. The van der Waals surface area contributed by atoms with E-state index in [-0.39, 0.29) is 19.1 Å². The molecule has 1 saturated heterocycles. The molecule has 2 aromatic carbocycles. The van der Waals surface area contributed by atoms with Crippen molar-refractivity contribution in [3.63, 3.8) is 0 Å². The van der Waals surface area contributed by atoms with Gasteiger partial charge in [0.2, 0.25) is 5.91 Å². The Balaban J connectivity index is 1.49. The van der Waals surface area contributed by atoms with Gasteiger partial charge >= 0.3 is 0 Å². The highest BCUT2D eigenvalue weighted by Gasteiger charge is 2.41. The summed E-state index contributed by atoms with van der Waals surface area (Å²) in [6.45, 7) is 4.03. The van der Waals surface area contributed by atoms with E-state index >= 15 is 0 Å². The van der Waals surface area contributed by atoms with Crippen LogP contribution in [0.25, 0.3) is 0 Å². The number of nitrogens with one attached hydrogen (secondary N) is 2. The lowest BCUT2D eigenvalue weighted by Gasteiger charge is -2.34. The molecule has 9 nitrogen and oxygen atoms in total. The van der Waals surface area contributed by atoms with Crippen molar-refractivity contribution in [2.75, 3.05) is 28.7 Å². The zero-order valence-electron chi connectivity index (χ0n) is 17.6. The number of ether oxygens (including phenoxy) is 1. The van der Waals surface area contributed by atoms with Crippen molar-refractivity contribution in [2.24, 2.45) is 0 Å². The third kappa shape index (κ3) is 3.70. The van der Waals surface area contributed by atoms with Gasteiger partial charge in [-0.2, -0.15) is 5.26 Å². The standard InChI is InChI=1S/C23H22N4O5/c1-23(2)16-8-7-15(11-17(16)26-22(23)31)27-9-10-32-19(21(27)30)18(28)20(29)25-14-5-3-13(12-24)4-6-14/h3-8,11,18-19,28H,9-10H2,1-2H3,(H,25,29)(H,26,31)/t18?,19-/m1/s1. The smallest absolute Gasteiger partial charge is 0.259 e. The highest BCUT2D eigenvalue weighted by molar-refractivity contribution is 6.08. The number of carbonyl (C=O) groups is 3. The first kappa shape index (κ1) is 21.5. The van der Waals surface area contributed by atoms with Gasteiger partial charge in [-0.05, 0) is 55.8 Å². The molecular formula is C23H22N4O5. The number of anilines is 3. The molecule has 4 rings (SSSR count). The zero-order valence-corrected chi connectivity index (χ0v) is 17.6. The van der Waals surface area contributed by atoms with E-state index in [1.54, 1.807) is 18.2 Å². The van der Waals surface area contributed by atoms with Crippen LogP contribution >= 0.6 is 0 Å². The molecule has 3 N–H and O–H groups in total. The molecule has 0 bridgehead atoms. The average Bonchev–Trinajstić information content (AvgIpc) is 3.01. The molecule has 2 aromatic rings. The Kier molecular flexibility index (Phi) is 5.42. The molecule has 0 aromatic heterocycles. The summed E-state index contributed by atoms with van der Waals surface area (Å²) in [5.74, 6) is -1.47. The van der Waals surface area contributed by atoms with Gasteiger partial charge in [0.1, 0.15) is 0 Å². The number of benzene rings is 2. The maximum absolute atomic E-state index is 13.0. The Bertz CT molecular complexity index is 1140. The molecule has 3 amide bonds. The lowest BCUT2D eigenvalue weighted by atomic mass is 9.86. The van der Waals surface area contributed by atoms with Crippen molar-refractivity contribution in [1.29, 1.82) is 5.26 Å². The molecule has 0 radical (unpaired) electrons. The van der Waals surface area contributed by atoms with E-state index < -0.39 is 29.4 Å². The largest absolute Gasteiger partial charge is 0.380 e. The molecule has 9 heteroatoms. The molecule has 2 atom stereocenters. The van der Waals surface area contributed by atoms with Crippen LogP contribution in [0.15, 0.2) is 42.5 Å². The van der Waals surface area contributed by atoms with Crippen molar-refractivity contribution < 1.29 is 24.2 Å². The zero-order chi connectivity index (χ0) is 23.0. The topological polar surface area (TPSA) is 132 Å². The van der Waals surface area contributed by atoms with Gasteiger partial charge in [-0.3, -0.25) is 14.4 Å². The van der Waals surface area contributed by atoms with Crippen molar-refractivity contribution in [3.8, 4) is 6.07 Å². The number of carbonyl (C=O) groups excluding carboxylic acids is 3. The first-order chi connectivity index (χ1) is 15.2. The van der Waals surface area contributed by atoms with Crippen LogP contribution in [0.4, 0.5) is 17.1 Å². The summed E-state index contributed by atoms with van der Waals surface area (Å²) in [4.78, 5) is 39.2. The van der Waals surface area contributed by atoms with E-state index in [1.165, 1.54) is 29.2 Å². The minimum absolute atomic E-state index is 0.120. The molecule has 1 fully saturated rings. The van der Waals surface area contributed by atoms with Crippen molar-refractivity contribution in [3.05, 3.63) is 53.6 Å². The number of aliphatic hydroxyl groups is 1. The number of aliphatic hydroxyl groups excluding tert-OH is 1. The lowest BCUT2D eigenvalue weighted by Crippen LogP contribution is -2.55. The van der Waals surface area contributed by atoms with Crippen LogP contribution < -0.4 is 15.5 Å². The summed E-state index contributed by atoms with van der Waals surface area (Å²) in [6, 6.07) is 13.3. The Morgan fingerprint density at radius 1 is 1.28 bits per heavy atom. The molecule has 2 heterocycles. The second kappa shape index (κ2) is 8.07. The fourth-order valence-corrected chi connectivity index (χ4v) is 3.82.